The molecular weight excluding hydrogens is 292 g/mol. The van der Waals surface area contributed by atoms with Gasteiger partial charge in [0, 0.05) is 37.2 Å². The zero-order chi connectivity index (χ0) is 15.6. The van der Waals surface area contributed by atoms with Crippen molar-refractivity contribution in [2.45, 2.75) is 31.9 Å². The molecule has 1 N–H and O–H groups in total. The number of hydrogen-bond acceptors (Lipinski definition) is 4. The summed E-state index contributed by atoms with van der Waals surface area (Å²) in [6.45, 7) is 2.12. The van der Waals surface area contributed by atoms with Gasteiger partial charge in [0.2, 0.25) is 0 Å². The number of pyridine rings is 1. The minimum Gasteiger partial charge on any atom is -0.370 e. The van der Waals surface area contributed by atoms with Gasteiger partial charge < -0.3 is 10.1 Å². The molecule has 3 heterocycles. The Morgan fingerprint density at radius 3 is 2.96 bits per heavy atom. The highest BCUT2D eigenvalue weighted by Gasteiger charge is 2.27. The predicted molar refractivity (Wildman–Crippen MR) is 83.9 cm³/mol. The first-order valence-corrected chi connectivity index (χ1v) is 8.15. The summed E-state index contributed by atoms with van der Waals surface area (Å²) >= 11 is 0. The summed E-state index contributed by atoms with van der Waals surface area (Å²) in [6.07, 6.45) is 8.74. The summed E-state index contributed by atoms with van der Waals surface area (Å²) in [5.41, 5.74) is 2.84. The Hall–Kier alpha value is -2.21. The van der Waals surface area contributed by atoms with Crippen molar-refractivity contribution in [3.63, 3.8) is 0 Å². The van der Waals surface area contributed by atoms with Gasteiger partial charge in [-0.25, -0.2) is 0 Å². The van der Waals surface area contributed by atoms with Crippen molar-refractivity contribution in [1.29, 1.82) is 0 Å². The largest absolute Gasteiger partial charge is 0.370 e. The summed E-state index contributed by atoms with van der Waals surface area (Å²) in [7, 11) is 0. The van der Waals surface area contributed by atoms with Crippen LogP contribution in [0.3, 0.4) is 0 Å². The predicted octanol–water partition coefficient (Wildman–Crippen LogP) is 1.73. The van der Waals surface area contributed by atoms with Crippen molar-refractivity contribution in [2.24, 2.45) is 5.92 Å². The van der Waals surface area contributed by atoms with Crippen LogP contribution in [0.2, 0.25) is 0 Å². The molecule has 0 radical (unpaired) electrons. The van der Waals surface area contributed by atoms with Gasteiger partial charge in [-0.2, -0.15) is 5.10 Å². The van der Waals surface area contributed by atoms with E-state index in [-0.39, 0.29) is 12.0 Å². The molecule has 1 atom stereocenters. The number of fused-ring (bicyclic) bond motifs is 1. The molecule has 120 valence electrons. The quantitative estimate of drug-likeness (QED) is 0.913. The molecule has 0 saturated heterocycles. The van der Waals surface area contributed by atoms with E-state index in [1.807, 2.05) is 0 Å². The Balaban J connectivity index is 1.42. The van der Waals surface area contributed by atoms with Gasteiger partial charge in [0.1, 0.15) is 6.10 Å². The maximum absolute atomic E-state index is 12.1. The summed E-state index contributed by atoms with van der Waals surface area (Å²) in [5, 5.41) is 7.62. The second-order valence-corrected chi connectivity index (χ2v) is 6.26. The average molecular weight is 312 g/mol. The third-order valence-electron chi connectivity index (χ3n) is 4.40. The molecule has 2 aliphatic rings. The van der Waals surface area contributed by atoms with Crippen LogP contribution in [0, 0.1) is 5.92 Å². The molecule has 1 fully saturated rings. The number of aromatic nitrogens is 3. The lowest BCUT2D eigenvalue weighted by molar-refractivity contribution is 0.0383. The highest BCUT2D eigenvalue weighted by atomic mass is 16.5. The van der Waals surface area contributed by atoms with E-state index < -0.39 is 0 Å². The van der Waals surface area contributed by atoms with Gasteiger partial charge >= 0.3 is 0 Å². The maximum Gasteiger partial charge on any atom is 0.251 e. The van der Waals surface area contributed by atoms with Gasteiger partial charge in [-0.15, -0.1) is 0 Å². The molecule has 6 nitrogen and oxygen atoms in total. The summed E-state index contributed by atoms with van der Waals surface area (Å²) in [6, 6.07) is 3.40. The van der Waals surface area contributed by atoms with Crippen LogP contribution < -0.4 is 5.32 Å². The fourth-order valence-corrected chi connectivity index (χ4v) is 2.94. The molecule has 1 aliphatic heterocycles. The van der Waals surface area contributed by atoms with E-state index in [4.69, 9.17) is 9.84 Å². The minimum absolute atomic E-state index is 0.111. The maximum atomic E-state index is 12.1. The molecule has 1 amide bonds. The molecular formula is C17H20N4O2. The van der Waals surface area contributed by atoms with E-state index in [1.165, 1.54) is 18.4 Å². The molecule has 2 aromatic rings. The average Bonchev–Trinajstić information content (AvgIpc) is 3.29. The van der Waals surface area contributed by atoms with Gasteiger partial charge in [-0.3, -0.25) is 14.5 Å². The van der Waals surface area contributed by atoms with Crippen LogP contribution in [0.15, 0.2) is 30.7 Å². The Labute approximate surface area is 134 Å². The molecule has 6 heteroatoms. The molecule has 23 heavy (non-hydrogen) atoms. The van der Waals surface area contributed by atoms with Crippen molar-refractivity contribution in [3.05, 3.63) is 47.5 Å². The van der Waals surface area contributed by atoms with Crippen LogP contribution in [0.5, 0.6) is 0 Å². The lowest BCUT2D eigenvalue weighted by atomic mass is 10.1. The SMILES string of the molecule is O=C(NC[C@@H]1OCCc2cn(CC3CC3)nc21)c1ccncc1. The molecule has 1 aliphatic carbocycles. The summed E-state index contributed by atoms with van der Waals surface area (Å²) in [5.74, 6) is 0.683. The number of ether oxygens (including phenoxy) is 1. The van der Waals surface area contributed by atoms with Crippen molar-refractivity contribution >= 4 is 5.91 Å². The molecule has 4 rings (SSSR count). The first-order chi connectivity index (χ1) is 11.3. The Morgan fingerprint density at radius 2 is 2.17 bits per heavy atom. The number of hydrogen-bond donors (Lipinski definition) is 1. The van der Waals surface area contributed by atoms with Crippen LogP contribution >= 0.6 is 0 Å². The molecule has 0 unspecified atom stereocenters. The number of carbonyl (C=O) groups excluding carboxylic acids is 1. The summed E-state index contributed by atoms with van der Waals surface area (Å²) in [4.78, 5) is 16.1. The van der Waals surface area contributed by atoms with E-state index in [2.05, 4.69) is 21.2 Å². The number of amides is 1. The van der Waals surface area contributed by atoms with Crippen LogP contribution in [0.25, 0.3) is 0 Å². The smallest absolute Gasteiger partial charge is 0.251 e. The summed E-state index contributed by atoms with van der Waals surface area (Å²) < 4.78 is 7.87. The number of carbonyl (C=O) groups is 1. The van der Waals surface area contributed by atoms with E-state index in [0.29, 0.717) is 18.7 Å². The topological polar surface area (TPSA) is 69.0 Å². The fraction of sp³-hybridized carbons (Fsp3) is 0.471. The van der Waals surface area contributed by atoms with Crippen molar-refractivity contribution in [1.82, 2.24) is 20.1 Å². The van der Waals surface area contributed by atoms with Crippen LogP contribution in [0.1, 0.15) is 40.6 Å². The second-order valence-electron chi connectivity index (χ2n) is 6.26. The second kappa shape index (κ2) is 6.12. The van der Waals surface area contributed by atoms with E-state index in [9.17, 15) is 4.79 Å². The Kier molecular flexibility index (Phi) is 3.83. The first kappa shape index (κ1) is 14.4. The van der Waals surface area contributed by atoms with Crippen LogP contribution in [-0.2, 0) is 17.7 Å². The van der Waals surface area contributed by atoms with Crippen LogP contribution in [0.4, 0.5) is 0 Å². The fourth-order valence-electron chi connectivity index (χ4n) is 2.94. The third-order valence-corrected chi connectivity index (χ3v) is 4.40. The van der Waals surface area contributed by atoms with Crippen molar-refractivity contribution in [3.8, 4) is 0 Å². The highest BCUT2D eigenvalue weighted by Crippen LogP contribution is 2.32. The Bertz CT molecular complexity index is 694. The molecule has 0 bridgehead atoms. The number of nitrogens with one attached hydrogen (secondary N) is 1. The van der Waals surface area contributed by atoms with E-state index >= 15 is 0 Å². The lowest BCUT2D eigenvalue weighted by Crippen LogP contribution is -2.31. The molecule has 1 saturated carbocycles. The Morgan fingerprint density at radius 1 is 1.35 bits per heavy atom. The molecule has 0 spiro atoms. The standard InChI is InChI=1S/C17H20N4O2/c22-17(13-3-6-18-7-4-13)19-9-15-16-14(5-8-23-15)11-21(20-16)10-12-1-2-12/h3-4,6-7,11-12,15H,1-2,5,8-10H2,(H,19,22)/t15-/m0/s1. The highest BCUT2D eigenvalue weighted by molar-refractivity contribution is 5.93. The normalized spacial score (nSPS) is 20.1. The molecule has 2 aromatic heterocycles. The van der Waals surface area contributed by atoms with E-state index in [0.717, 1.165) is 24.6 Å². The van der Waals surface area contributed by atoms with Gasteiger partial charge in [0.15, 0.2) is 0 Å². The monoisotopic (exact) mass is 312 g/mol. The zero-order valence-electron chi connectivity index (χ0n) is 12.9. The van der Waals surface area contributed by atoms with Gasteiger partial charge in [0.25, 0.3) is 5.91 Å². The van der Waals surface area contributed by atoms with E-state index in [1.54, 1.807) is 24.5 Å². The lowest BCUT2D eigenvalue weighted by Gasteiger charge is -2.22. The number of nitrogens with zero attached hydrogens (tertiary/aromatic N) is 3. The number of rotatable bonds is 5. The first-order valence-electron chi connectivity index (χ1n) is 8.15. The van der Waals surface area contributed by atoms with Crippen molar-refractivity contribution in [2.75, 3.05) is 13.2 Å². The van der Waals surface area contributed by atoms with Crippen molar-refractivity contribution < 1.29 is 9.53 Å². The van der Waals surface area contributed by atoms with Gasteiger partial charge in [0.05, 0.1) is 12.3 Å². The van der Waals surface area contributed by atoms with Gasteiger partial charge in [-0.05, 0) is 42.9 Å². The minimum atomic E-state index is -0.162. The van der Waals surface area contributed by atoms with Crippen LogP contribution in [-0.4, -0.2) is 33.8 Å². The zero-order valence-corrected chi connectivity index (χ0v) is 12.9. The van der Waals surface area contributed by atoms with Gasteiger partial charge in [-0.1, -0.05) is 0 Å². The third kappa shape index (κ3) is 3.27. The molecule has 0 aromatic carbocycles.